The third kappa shape index (κ3) is 1.85. The summed E-state index contributed by atoms with van der Waals surface area (Å²) in [6.45, 7) is 3.54. The fourth-order valence-electron chi connectivity index (χ4n) is 2.57. The van der Waals surface area contributed by atoms with Crippen molar-refractivity contribution in [3.63, 3.8) is 0 Å². The van der Waals surface area contributed by atoms with E-state index in [4.69, 9.17) is 10.5 Å². The molecule has 0 saturated carbocycles. The number of nitrogens with zero attached hydrogens (tertiary/aromatic N) is 1. The molecular weight excluding hydrogens is 224 g/mol. The van der Waals surface area contributed by atoms with Crippen LogP contribution in [-0.2, 0) is 4.74 Å². The number of hydrogen-bond donors (Lipinski definition) is 1. The maximum Gasteiger partial charge on any atom is 0.0654 e. The molecule has 0 fully saturated rings. The first-order valence-electron chi connectivity index (χ1n) is 6.40. The van der Waals surface area contributed by atoms with Crippen molar-refractivity contribution in [2.24, 2.45) is 5.73 Å². The summed E-state index contributed by atoms with van der Waals surface area (Å²) in [4.78, 5) is 0. The van der Waals surface area contributed by atoms with Gasteiger partial charge in [-0.1, -0.05) is 12.1 Å². The van der Waals surface area contributed by atoms with E-state index in [0.29, 0.717) is 6.61 Å². The molecule has 0 aromatic carbocycles. The molecule has 1 aliphatic rings. The van der Waals surface area contributed by atoms with Crippen molar-refractivity contribution in [1.82, 2.24) is 4.40 Å². The van der Waals surface area contributed by atoms with Gasteiger partial charge in [-0.15, -0.1) is 0 Å². The Bertz CT molecular complexity index is 596. The number of hydrogen-bond acceptors (Lipinski definition) is 2. The number of pyridine rings is 1. The second-order valence-electron chi connectivity index (χ2n) is 4.79. The van der Waals surface area contributed by atoms with Crippen LogP contribution in [0.5, 0.6) is 0 Å². The van der Waals surface area contributed by atoms with Gasteiger partial charge in [-0.3, -0.25) is 0 Å². The summed E-state index contributed by atoms with van der Waals surface area (Å²) in [6, 6.07) is 8.47. The minimum Gasteiger partial charge on any atom is -0.377 e. The fourth-order valence-corrected chi connectivity index (χ4v) is 2.57. The van der Waals surface area contributed by atoms with E-state index < -0.39 is 0 Å². The van der Waals surface area contributed by atoms with Gasteiger partial charge in [0.05, 0.1) is 18.9 Å². The maximum absolute atomic E-state index is 6.11. The quantitative estimate of drug-likeness (QED) is 0.879. The molecule has 0 aliphatic carbocycles. The van der Waals surface area contributed by atoms with Crippen molar-refractivity contribution in [3.05, 3.63) is 47.8 Å². The van der Waals surface area contributed by atoms with Gasteiger partial charge in [0.2, 0.25) is 0 Å². The Hall–Kier alpha value is -1.58. The topological polar surface area (TPSA) is 39.7 Å². The van der Waals surface area contributed by atoms with Crippen molar-refractivity contribution >= 4 is 11.1 Å². The van der Waals surface area contributed by atoms with Crippen LogP contribution in [0.1, 0.15) is 30.6 Å². The molecule has 1 unspecified atom stereocenters. The summed E-state index contributed by atoms with van der Waals surface area (Å²) >= 11 is 0. The summed E-state index contributed by atoms with van der Waals surface area (Å²) < 4.78 is 7.63. The summed E-state index contributed by atoms with van der Waals surface area (Å²) in [5.74, 6) is 0. The summed E-state index contributed by atoms with van der Waals surface area (Å²) in [7, 11) is 0. The largest absolute Gasteiger partial charge is 0.377 e. The highest BCUT2D eigenvalue weighted by atomic mass is 16.5. The van der Waals surface area contributed by atoms with Gasteiger partial charge < -0.3 is 14.9 Å². The van der Waals surface area contributed by atoms with Gasteiger partial charge in [-0.05, 0) is 42.7 Å². The first-order valence-corrected chi connectivity index (χ1v) is 6.40. The third-order valence-corrected chi connectivity index (χ3v) is 3.47. The Labute approximate surface area is 107 Å². The van der Waals surface area contributed by atoms with E-state index in [-0.39, 0.29) is 6.04 Å². The van der Waals surface area contributed by atoms with Crippen LogP contribution in [0.2, 0.25) is 0 Å². The molecule has 2 aromatic rings. The Morgan fingerprint density at radius 1 is 1.39 bits per heavy atom. The molecule has 1 aliphatic heterocycles. The average Bonchev–Trinajstić information content (AvgIpc) is 2.79. The van der Waals surface area contributed by atoms with Crippen LogP contribution in [0.25, 0.3) is 11.1 Å². The first-order chi connectivity index (χ1) is 8.77. The lowest BCUT2D eigenvalue weighted by molar-refractivity contribution is 0.161. The molecule has 3 heterocycles. The van der Waals surface area contributed by atoms with Crippen molar-refractivity contribution in [1.29, 1.82) is 0 Å². The van der Waals surface area contributed by atoms with Gasteiger partial charge in [0.15, 0.2) is 0 Å². The van der Waals surface area contributed by atoms with E-state index in [0.717, 1.165) is 13.0 Å². The molecule has 0 bridgehead atoms. The van der Waals surface area contributed by atoms with Gasteiger partial charge in [0.1, 0.15) is 0 Å². The normalized spacial score (nSPS) is 17.8. The summed E-state index contributed by atoms with van der Waals surface area (Å²) in [5.41, 5.74) is 11.1. The van der Waals surface area contributed by atoms with E-state index >= 15 is 0 Å². The molecule has 0 amide bonds. The van der Waals surface area contributed by atoms with Gasteiger partial charge in [-0.2, -0.15) is 0 Å². The van der Waals surface area contributed by atoms with Gasteiger partial charge in [0, 0.05) is 17.8 Å². The second-order valence-corrected chi connectivity index (χ2v) is 4.79. The van der Waals surface area contributed by atoms with Crippen LogP contribution in [0, 0.1) is 0 Å². The van der Waals surface area contributed by atoms with Crippen molar-refractivity contribution in [2.45, 2.75) is 19.4 Å². The average molecular weight is 242 g/mol. The van der Waals surface area contributed by atoms with E-state index in [1.807, 2.05) is 6.92 Å². The molecule has 3 nitrogen and oxygen atoms in total. The van der Waals surface area contributed by atoms with E-state index in [2.05, 4.69) is 40.9 Å². The molecule has 94 valence electrons. The van der Waals surface area contributed by atoms with Gasteiger partial charge in [-0.25, -0.2) is 0 Å². The summed E-state index contributed by atoms with van der Waals surface area (Å²) in [6.07, 6.45) is 5.23. The second kappa shape index (κ2) is 4.59. The van der Waals surface area contributed by atoms with Crippen LogP contribution in [0.4, 0.5) is 0 Å². The van der Waals surface area contributed by atoms with E-state index in [1.54, 1.807) is 0 Å². The molecule has 0 spiro atoms. The van der Waals surface area contributed by atoms with E-state index in [1.165, 1.54) is 22.3 Å². The Kier molecular flexibility index (Phi) is 2.94. The monoisotopic (exact) mass is 242 g/mol. The molecule has 18 heavy (non-hydrogen) atoms. The molecule has 2 aromatic heterocycles. The van der Waals surface area contributed by atoms with Crippen LogP contribution >= 0.6 is 0 Å². The highest BCUT2D eigenvalue weighted by Gasteiger charge is 2.17. The fraction of sp³-hybridized carbons (Fsp3) is 0.333. The molecule has 2 N–H and O–H groups in total. The Morgan fingerprint density at radius 3 is 3.00 bits per heavy atom. The number of aromatic nitrogens is 1. The minimum atomic E-state index is 0.0450. The Morgan fingerprint density at radius 2 is 2.28 bits per heavy atom. The van der Waals surface area contributed by atoms with Crippen LogP contribution < -0.4 is 5.73 Å². The van der Waals surface area contributed by atoms with Gasteiger partial charge in [0.25, 0.3) is 0 Å². The van der Waals surface area contributed by atoms with Gasteiger partial charge >= 0.3 is 0 Å². The summed E-state index contributed by atoms with van der Waals surface area (Å²) in [5, 5.41) is 0. The number of fused-ring (bicyclic) bond motifs is 1. The SMILES string of the molecule is CC(N)c1cc2ccccn2c1C1=CCOCC1. The van der Waals surface area contributed by atoms with Crippen molar-refractivity contribution in [3.8, 4) is 0 Å². The molecule has 1 atom stereocenters. The predicted octanol–water partition coefficient (Wildman–Crippen LogP) is 2.76. The number of rotatable bonds is 2. The number of ether oxygens (including phenoxy) is 1. The Balaban J connectivity index is 2.23. The molecular formula is C15H18N2O. The van der Waals surface area contributed by atoms with Crippen molar-refractivity contribution in [2.75, 3.05) is 13.2 Å². The molecule has 0 radical (unpaired) electrons. The minimum absolute atomic E-state index is 0.0450. The lowest BCUT2D eigenvalue weighted by Crippen LogP contribution is -2.11. The highest BCUT2D eigenvalue weighted by molar-refractivity contribution is 5.72. The van der Waals surface area contributed by atoms with Crippen molar-refractivity contribution < 1.29 is 4.74 Å². The zero-order valence-corrected chi connectivity index (χ0v) is 10.6. The predicted molar refractivity (Wildman–Crippen MR) is 73.4 cm³/mol. The lowest BCUT2D eigenvalue weighted by atomic mass is 10.0. The lowest BCUT2D eigenvalue weighted by Gasteiger charge is -2.17. The third-order valence-electron chi connectivity index (χ3n) is 3.47. The smallest absolute Gasteiger partial charge is 0.0654 e. The first kappa shape index (κ1) is 11.5. The zero-order chi connectivity index (χ0) is 12.5. The van der Waals surface area contributed by atoms with Crippen LogP contribution in [-0.4, -0.2) is 17.6 Å². The molecule has 3 rings (SSSR count). The molecule has 3 heteroatoms. The van der Waals surface area contributed by atoms with E-state index in [9.17, 15) is 0 Å². The zero-order valence-electron chi connectivity index (χ0n) is 10.6. The molecule has 0 saturated heterocycles. The van der Waals surface area contributed by atoms with Crippen LogP contribution in [0.3, 0.4) is 0 Å². The highest BCUT2D eigenvalue weighted by Crippen LogP contribution is 2.30. The maximum atomic E-state index is 6.11. The number of nitrogens with two attached hydrogens (primary N) is 1. The van der Waals surface area contributed by atoms with Crippen LogP contribution in [0.15, 0.2) is 36.5 Å². The standard InChI is InChI=1S/C15H18N2O/c1-11(16)14-10-13-4-2-3-7-17(13)15(14)12-5-8-18-9-6-12/h2-5,7,10-11H,6,8-9,16H2,1H3.